The molecule has 128 valence electrons. The van der Waals surface area contributed by atoms with Crippen molar-refractivity contribution < 1.29 is 23.4 Å². The first kappa shape index (κ1) is 17.7. The number of hydrogen-bond acceptors (Lipinski definition) is 3. The molecular formula is C17H18F2N2O3. The SMILES string of the molecule is O=C(NCCc1ccc(CO)cc1)Nc1ccccc1OC(F)F. The van der Waals surface area contributed by atoms with E-state index in [1.807, 2.05) is 24.3 Å². The first-order chi connectivity index (χ1) is 11.6. The highest BCUT2D eigenvalue weighted by Gasteiger charge is 2.11. The normalized spacial score (nSPS) is 10.5. The van der Waals surface area contributed by atoms with Crippen LogP contribution in [-0.4, -0.2) is 24.3 Å². The summed E-state index contributed by atoms with van der Waals surface area (Å²) in [7, 11) is 0. The van der Waals surface area contributed by atoms with E-state index in [2.05, 4.69) is 15.4 Å². The number of aliphatic hydroxyl groups excluding tert-OH is 1. The number of amides is 2. The maximum atomic E-state index is 12.3. The molecule has 0 heterocycles. The van der Waals surface area contributed by atoms with Crippen molar-refractivity contribution in [1.82, 2.24) is 5.32 Å². The Labute approximate surface area is 138 Å². The molecule has 7 heteroatoms. The van der Waals surface area contributed by atoms with Gasteiger partial charge < -0.3 is 20.5 Å². The Hall–Kier alpha value is -2.67. The molecule has 0 aliphatic rings. The number of aliphatic hydroxyl groups is 1. The number of para-hydroxylation sites is 2. The lowest BCUT2D eigenvalue weighted by Gasteiger charge is -2.12. The molecular weight excluding hydrogens is 318 g/mol. The lowest BCUT2D eigenvalue weighted by atomic mass is 10.1. The summed E-state index contributed by atoms with van der Waals surface area (Å²) in [6.45, 7) is -2.60. The van der Waals surface area contributed by atoms with Crippen LogP contribution >= 0.6 is 0 Å². The van der Waals surface area contributed by atoms with Crippen LogP contribution in [0, 0.1) is 0 Å². The topological polar surface area (TPSA) is 70.6 Å². The summed E-state index contributed by atoms with van der Waals surface area (Å²) in [6.07, 6.45) is 0.605. The third-order valence-electron chi connectivity index (χ3n) is 3.26. The van der Waals surface area contributed by atoms with Gasteiger partial charge >= 0.3 is 12.6 Å². The fraction of sp³-hybridized carbons (Fsp3) is 0.235. The summed E-state index contributed by atoms with van der Waals surface area (Å²) in [6, 6.07) is 12.8. The number of nitrogens with one attached hydrogen (secondary N) is 2. The molecule has 0 aliphatic heterocycles. The zero-order chi connectivity index (χ0) is 17.4. The molecule has 0 saturated carbocycles. The summed E-state index contributed by atoms with van der Waals surface area (Å²) in [4.78, 5) is 11.8. The molecule has 0 atom stereocenters. The van der Waals surface area contributed by atoms with Gasteiger partial charge in [-0.2, -0.15) is 8.78 Å². The Balaban J connectivity index is 1.83. The zero-order valence-corrected chi connectivity index (χ0v) is 12.8. The summed E-state index contributed by atoms with van der Waals surface area (Å²) in [5.41, 5.74) is 2.00. The number of carbonyl (C=O) groups excluding carboxylic acids is 1. The van der Waals surface area contributed by atoms with E-state index in [-0.39, 0.29) is 18.0 Å². The van der Waals surface area contributed by atoms with E-state index in [4.69, 9.17) is 5.11 Å². The van der Waals surface area contributed by atoms with Gasteiger partial charge in [-0.3, -0.25) is 0 Å². The lowest BCUT2D eigenvalue weighted by Crippen LogP contribution is -2.30. The van der Waals surface area contributed by atoms with Gasteiger partial charge in [0.2, 0.25) is 0 Å². The molecule has 2 aromatic carbocycles. The molecule has 0 saturated heterocycles. The highest BCUT2D eigenvalue weighted by molar-refractivity contribution is 5.90. The largest absolute Gasteiger partial charge is 0.433 e. The fourth-order valence-electron chi connectivity index (χ4n) is 2.07. The number of hydrogen-bond donors (Lipinski definition) is 3. The monoisotopic (exact) mass is 336 g/mol. The van der Waals surface area contributed by atoms with Crippen LogP contribution in [0.4, 0.5) is 19.3 Å². The highest BCUT2D eigenvalue weighted by atomic mass is 19.3. The highest BCUT2D eigenvalue weighted by Crippen LogP contribution is 2.25. The maximum absolute atomic E-state index is 12.3. The number of rotatable bonds is 7. The number of halogens is 2. The molecule has 0 radical (unpaired) electrons. The Morgan fingerprint density at radius 2 is 1.75 bits per heavy atom. The van der Waals surface area contributed by atoms with E-state index in [1.54, 1.807) is 6.07 Å². The molecule has 0 aliphatic carbocycles. The first-order valence-corrected chi connectivity index (χ1v) is 7.36. The van der Waals surface area contributed by atoms with Crippen LogP contribution in [0.3, 0.4) is 0 Å². The summed E-state index contributed by atoms with van der Waals surface area (Å²) >= 11 is 0. The van der Waals surface area contributed by atoms with Gasteiger partial charge in [0.1, 0.15) is 5.75 Å². The Morgan fingerprint density at radius 1 is 1.08 bits per heavy atom. The smallest absolute Gasteiger partial charge is 0.387 e. The van der Waals surface area contributed by atoms with Crippen molar-refractivity contribution >= 4 is 11.7 Å². The molecule has 0 aromatic heterocycles. The van der Waals surface area contributed by atoms with Gasteiger partial charge in [0.15, 0.2) is 0 Å². The van der Waals surface area contributed by atoms with Gasteiger partial charge in [-0.05, 0) is 29.7 Å². The van der Waals surface area contributed by atoms with E-state index in [0.29, 0.717) is 13.0 Å². The van der Waals surface area contributed by atoms with Crippen molar-refractivity contribution in [2.75, 3.05) is 11.9 Å². The third kappa shape index (κ3) is 5.51. The Bertz CT molecular complexity index is 663. The molecule has 2 rings (SSSR count). The van der Waals surface area contributed by atoms with Gasteiger partial charge in [0.25, 0.3) is 0 Å². The molecule has 0 fully saturated rings. The summed E-state index contributed by atoms with van der Waals surface area (Å²) in [5, 5.41) is 14.1. The number of carbonyl (C=O) groups is 1. The Morgan fingerprint density at radius 3 is 2.42 bits per heavy atom. The van der Waals surface area contributed by atoms with Crippen LogP contribution in [0.2, 0.25) is 0 Å². The number of anilines is 1. The summed E-state index contributed by atoms with van der Waals surface area (Å²) < 4.78 is 29.0. The fourth-order valence-corrected chi connectivity index (χ4v) is 2.07. The van der Waals surface area contributed by atoms with Crippen LogP contribution in [-0.2, 0) is 13.0 Å². The first-order valence-electron chi connectivity index (χ1n) is 7.36. The molecule has 24 heavy (non-hydrogen) atoms. The zero-order valence-electron chi connectivity index (χ0n) is 12.8. The maximum Gasteiger partial charge on any atom is 0.387 e. The predicted molar refractivity (Wildman–Crippen MR) is 86.2 cm³/mol. The van der Waals surface area contributed by atoms with Crippen molar-refractivity contribution in [3.05, 3.63) is 59.7 Å². The molecule has 2 amide bonds. The van der Waals surface area contributed by atoms with Gasteiger partial charge in [-0.1, -0.05) is 36.4 Å². The van der Waals surface area contributed by atoms with Crippen molar-refractivity contribution in [2.45, 2.75) is 19.6 Å². The number of ether oxygens (including phenoxy) is 1. The van der Waals surface area contributed by atoms with Crippen molar-refractivity contribution in [3.63, 3.8) is 0 Å². The molecule has 3 N–H and O–H groups in total. The van der Waals surface area contributed by atoms with Gasteiger partial charge in [-0.25, -0.2) is 4.79 Å². The third-order valence-corrected chi connectivity index (χ3v) is 3.26. The average molecular weight is 336 g/mol. The predicted octanol–water partition coefficient (Wildman–Crippen LogP) is 3.14. The van der Waals surface area contributed by atoms with Crippen LogP contribution in [0.15, 0.2) is 48.5 Å². The minimum Gasteiger partial charge on any atom is -0.433 e. The lowest BCUT2D eigenvalue weighted by molar-refractivity contribution is -0.0493. The van der Waals surface area contributed by atoms with E-state index in [1.165, 1.54) is 18.2 Å². The van der Waals surface area contributed by atoms with Crippen molar-refractivity contribution in [3.8, 4) is 5.75 Å². The molecule has 5 nitrogen and oxygen atoms in total. The van der Waals surface area contributed by atoms with Gasteiger partial charge in [0, 0.05) is 6.54 Å². The number of benzene rings is 2. The second-order valence-corrected chi connectivity index (χ2v) is 4.98. The molecule has 0 spiro atoms. The molecule has 2 aromatic rings. The van der Waals surface area contributed by atoms with E-state index >= 15 is 0 Å². The minimum atomic E-state index is -2.96. The number of urea groups is 1. The van der Waals surface area contributed by atoms with Crippen molar-refractivity contribution in [2.24, 2.45) is 0 Å². The second kappa shape index (κ2) is 8.83. The van der Waals surface area contributed by atoms with E-state index in [9.17, 15) is 13.6 Å². The second-order valence-electron chi connectivity index (χ2n) is 4.98. The van der Waals surface area contributed by atoms with Gasteiger partial charge in [0.05, 0.1) is 12.3 Å². The van der Waals surface area contributed by atoms with Crippen LogP contribution in [0.5, 0.6) is 5.75 Å². The standard InChI is InChI=1S/C17H18F2N2O3/c18-16(19)24-15-4-2-1-3-14(15)21-17(23)20-10-9-12-5-7-13(11-22)8-6-12/h1-8,16,22H,9-11H2,(H2,20,21,23). The van der Waals surface area contributed by atoms with Crippen LogP contribution in [0.1, 0.15) is 11.1 Å². The molecule has 0 unspecified atom stereocenters. The van der Waals surface area contributed by atoms with Crippen molar-refractivity contribution in [1.29, 1.82) is 0 Å². The Kier molecular flexibility index (Phi) is 6.51. The van der Waals surface area contributed by atoms with Crippen LogP contribution in [0.25, 0.3) is 0 Å². The average Bonchev–Trinajstić information content (AvgIpc) is 2.57. The van der Waals surface area contributed by atoms with Gasteiger partial charge in [-0.15, -0.1) is 0 Å². The quantitative estimate of drug-likeness (QED) is 0.727. The van der Waals surface area contributed by atoms with E-state index < -0.39 is 12.6 Å². The van der Waals surface area contributed by atoms with E-state index in [0.717, 1.165) is 11.1 Å². The minimum absolute atomic E-state index is 0.0129. The molecule has 0 bridgehead atoms. The summed E-state index contributed by atoms with van der Waals surface area (Å²) in [5.74, 6) is -0.0951. The number of alkyl halides is 2. The van der Waals surface area contributed by atoms with Crippen LogP contribution < -0.4 is 15.4 Å².